The van der Waals surface area contributed by atoms with Crippen LogP contribution in [0.2, 0.25) is 5.02 Å². The number of H-pyrrole nitrogens is 1. The maximum Gasteiger partial charge on any atom is 0.311 e. The van der Waals surface area contributed by atoms with Gasteiger partial charge < -0.3 is 15.0 Å². The minimum Gasteiger partial charge on any atom is -0.481 e. The summed E-state index contributed by atoms with van der Waals surface area (Å²) in [6.07, 6.45) is 2.74. The summed E-state index contributed by atoms with van der Waals surface area (Å²) in [5.41, 5.74) is 0.493. The number of aromatic nitrogens is 1. The van der Waals surface area contributed by atoms with Crippen molar-refractivity contribution < 1.29 is 14.7 Å². The highest BCUT2D eigenvalue weighted by molar-refractivity contribution is 6.35. The molecule has 126 valence electrons. The van der Waals surface area contributed by atoms with Gasteiger partial charge in [0, 0.05) is 28.0 Å². The predicted octanol–water partition coefficient (Wildman–Crippen LogP) is 3.68. The fourth-order valence-corrected chi connectivity index (χ4v) is 4.85. The van der Waals surface area contributed by atoms with Gasteiger partial charge >= 0.3 is 5.97 Å². The van der Waals surface area contributed by atoms with Crippen molar-refractivity contribution in [2.75, 3.05) is 0 Å². The molecule has 4 rings (SSSR count). The van der Waals surface area contributed by atoms with Crippen molar-refractivity contribution in [3.63, 3.8) is 0 Å². The molecular weight excluding hydrogens is 328 g/mol. The summed E-state index contributed by atoms with van der Waals surface area (Å²) in [5.74, 6) is -0.902. The van der Waals surface area contributed by atoms with Gasteiger partial charge in [0.1, 0.15) is 5.69 Å². The first-order chi connectivity index (χ1) is 11.5. The van der Waals surface area contributed by atoms with Gasteiger partial charge in [0.15, 0.2) is 0 Å². The van der Waals surface area contributed by atoms with E-state index in [2.05, 4.69) is 4.98 Å². The average molecular weight is 347 g/mol. The van der Waals surface area contributed by atoms with E-state index < -0.39 is 11.4 Å². The summed E-state index contributed by atoms with van der Waals surface area (Å²) in [6, 6.07) is 7.07. The summed E-state index contributed by atoms with van der Waals surface area (Å²) in [6.45, 7) is 1.90. The second-order valence-corrected chi connectivity index (χ2v) is 7.27. The van der Waals surface area contributed by atoms with Crippen LogP contribution < -0.4 is 0 Å². The minimum absolute atomic E-state index is 0.0143. The van der Waals surface area contributed by atoms with Crippen LogP contribution in [0.4, 0.5) is 0 Å². The van der Waals surface area contributed by atoms with Crippen molar-refractivity contribution in [1.82, 2.24) is 9.88 Å². The van der Waals surface area contributed by atoms with Crippen molar-refractivity contribution >= 4 is 34.4 Å². The van der Waals surface area contributed by atoms with Crippen LogP contribution in [0.3, 0.4) is 0 Å². The van der Waals surface area contributed by atoms with Gasteiger partial charge in [-0.1, -0.05) is 24.6 Å². The van der Waals surface area contributed by atoms with Gasteiger partial charge in [-0.3, -0.25) is 9.59 Å². The van der Waals surface area contributed by atoms with Crippen LogP contribution in [0.5, 0.6) is 0 Å². The zero-order chi connectivity index (χ0) is 17.1. The van der Waals surface area contributed by atoms with E-state index >= 15 is 0 Å². The Hall–Kier alpha value is -2.01. The molecule has 2 bridgehead atoms. The number of hydrogen-bond donors (Lipinski definition) is 2. The minimum atomic E-state index is -0.803. The SMILES string of the molecule is CC[C@@]1(C(=O)O)C[C@@H]2CC[C@H]1N2C(=O)c1cc2c(Cl)cccc2[nH]1. The molecule has 0 unspecified atom stereocenters. The zero-order valence-corrected chi connectivity index (χ0v) is 14.1. The number of rotatable bonds is 3. The Bertz CT molecular complexity index is 846. The normalized spacial score (nSPS) is 28.7. The number of nitrogens with one attached hydrogen (secondary N) is 1. The van der Waals surface area contributed by atoms with E-state index in [1.165, 1.54) is 0 Å². The highest BCUT2D eigenvalue weighted by Crippen LogP contribution is 2.52. The molecule has 1 aromatic carbocycles. The number of hydrogen-bond acceptors (Lipinski definition) is 2. The summed E-state index contributed by atoms with van der Waals surface area (Å²) in [7, 11) is 0. The molecule has 5 nitrogen and oxygen atoms in total. The van der Waals surface area contributed by atoms with Crippen LogP contribution in [-0.4, -0.2) is 39.0 Å². The van der Waals surface area contributed by atoms with Crippen LogP contribution in [0, 0.1) is 5.41 Å². The Morgan fingerprint density at radius 3 is 2.83 bits per heavy atom. The van der Waals surface area contributed by atoms with Crippen molar-refractivity contribution in [3.05, 3.63) is 35.0 Å². The number of nitrogens with zero attached hydrogens (tertiary/aromatic N) is 1. The van der Waals surface area contributed by atoms with Crippen LogP contribution in [0.1, 0.15) is 43.1 Å². The lowest BCUT2D eigenvalue weighted by Crippen LogP contribution is -2.44. The van der Waals surface area contributed by atoms with Crippen molar-refractivity contribution in [1.29, 1.82) is 0 Å². The maximum atomic E-state index is 13.1. The van der Waals surface area contributed by atoms with Gasteiger partial charge in [0.05, 0.1) is 5.41 Å². The Kier molecular flexibility index (Phi) is 3.39. The standard InChI is InChI=1S/C18H19ClN2O3/c1-2-18(17(23)24)9-10-6-7-15(18)21(10)16(22)14-8-11-12(19)4-3-5-13(11)20-14/h3-5,8,10,15,20H,2,6-7,9H2,1H3,(H,23,24)/t10-,15+,18+/m0/s1. The van der Waals surface area contributed by atoms with Crippen LogP contribution in [0.15, 0.2) is 24.3 Å². The first-order valence-electron chi connectivity index (χ1n) is 8.31. The third-order valence-electron chi connectivity index (χ3n) is 5.87. The van der Waals surface area contributed by atoms with E-state index in [9.17, 15) is 14.7 Å². The smallest absolute Gasteiger partial charge is 0.311 e. The molecule has 2 aromatic rings. The third kappa shape index (κ3) is 1.94. The van der Waals surface area contributed by atoms with Crippen molar-refractivity contribution in [2.45, 2.75) is 44.7 Å². The van der Waals surface area contributed by atoms with Gasteiger partial charge in [-0.25, -0.2) is 0 Å². The predicted molar refractivity (Wildman–Crippen MR) is 91.3 cm³/mol. The fourth-order valence-electron chi connectivity index (χ4n) is 4.62. The molecule has 0 saturated carbocycles. The number of benzene rings is 1. The highest BCUT2D eigenvalue weighted by atomic mass is 35.5. The molecule has 0 radical (unpaired) electrons. The van der Waals surface area contributed by atoms with Gasteiger partial charge in [-0.2, -0.15) is 0 Å². The lowest BCUT2D eigenvalue weighted by molar-refractivity contribution is -0.151. The summed E-state index contributed by atoms with van der Waals surface area (Å²) in [5, 5.41) is 11.2. The summed E-state index contributed by atoms with van der Waals surface area (Å²) >= 11 is 6.19. The lowest BCUT2D eigenvalue weighted by Gasteiger charge is -2.32. The third-order valence-corrected chi connectivity index (χ3v) is 6.20. The molecular formula is C18H19ClN2O3. The monoisotopic (exact) mass is 346 g/mol. The van der Waals surface area contributed by atoms with Crippen LogP contribution in [-0.2, 0) is 4.79 Å². The summed E-state index contributed by atoms with van der Waals surface area (Å²) < 4.78 is 0. The number of carbonyl (C=O) groups excluding carboxylic acids is 1. The zero-order valence-electron chi connectivity index (χ0n) is 13.4. The molecule has 2 saturated heterocycles. The van der Waals surface area contributed by atoms with Gasteiger partial charge in [-0.05, 0) is 43.9 Å². The lowest BCUT2D eigenvalue weighted by atomic mass is 9.72. The fraction of sp³-hybridized carbons (Fsp3) is 0.444. The Balaban J connectivity index is 1.72. The first-order valence-corrected chi connectivity index (χ1v) is 8.69. The molecule has 24 heavy (non-hydrogen) atoms. The van der Waals surface area contributed by atoms with E-state index in [0.29, 0.717) is 23.6 Å². The van der Waals surface area contributed by atoms with Crippen LogP contribution in [0.25, 0.3) is 10.9 Å². The Morgan fingerprint density at radius 1 is 1.42 bits per heavy atom. The largest absolute Gasteiger partial charge is 0.481 e. The van der Waals surface area contributed by atoms with Crippen molar-refractivity contribution in [3.8, 4) is 0 Å². The van der Waals surface area contributed by atoms with E-state index in [-0.39, 0.29) is 18.0 Å². The first kappa shape index (κ1) is 15.5. The summed E-state index contributed by atoms with van der Waals surface area (Å²) in [4.78, 5) is 29.9. The number of carboxylic acid groups (broad SMARTS) is 1. The topological polar surface area (TPSA) is 73.4 Å². The number of amides is 1. The van der Waals surface area contributed by atoms with E-state index in [0.717, 1.165) is 23.7 Å². The second kappa shape index (κ2) is 5.24. The quantitative estimate of drug-likeness (QED) is 0.890. The van der Waals surface area contributed by atoms with Gasteiger partial charge in [0.25, 0.3) is 5.91 Å². The number of fused-ring (bicyclic) bond motifs is 3. The number of carboxylic acids is 1. The molecule has 0 spiro atoms. The number of aliphatic carboxylic acids is 1. The average Bonchev–Trinajstić information content (AvgIpc) is 3.25. The molecule has 6 heteroatoms. The van der Waals surface area contributed by atoms with E-state index in [4.69, 9.17) is 11.6 Å². The molecule has 2 N–H and O–H groups in total. The van der Waals surface area contributed by atoms with E-state index in [1.807, 2.05) is 19.1 Å². The maximum absolute atomic E-state index is 13.1. The Morgan fingerprint density at radius 2 is 2.21 bits per heavy atom. The van der Waals surface area contributed by atoms with E-state index in [1.54, 1.807) is 17.0 Å². The van der Waals surface area contributed by atoms with Crippen LogP contribution >= 0.6 is 11.6 Å². The molecule has 1 aromatic heterocycles. The second-order valence-electron chi connectivity index (χ2n) is 6.86. The molecule has 2 aliphatic rings. The molecule has 3 atom stereocenters. The molecule has 1 amide bonds. The highest BCUT2D eigenvalue weighted by Gasteiger charge is 2.60. The molecule has 2 fully saturated rings. The number of aromatic amines is 1. The molecule has 0 aliphatic carbocycles. The van der Waals surface area contributed by atoms with Crippen molar-refractivity contribution in [2.24, 2.45) is 5.41 Å². The van der Waals surface area contributed by atoms with Gasteiger partial charge in [0.2, 0.25) is 0 Å². The number of halogens is 1. The van der Waals surface area contributed by atoms with Gasteiger partial charge in [-0.15, -0.1) is 0 Å². The Labute approximate surface area is 144 Å². The molecule has 3 heterocycles. The molecule has 2 aliphatic heterocycles. The number of carbonyl (C=O) groups is 2.